The van der Waals surface area contributed by atoms with Crippen molar-refractivity contribution in [3.05, 3.63) is 0 Å². The van der Waals surface area contributed by atoms with Crippen LogP contribution in [0.5, 0.6) is 0 Å². The molecule has 0 bridgehead atoms. The van der Waals surface area contributed by atoms with E-state index in [-0.39, 0.29) is 0 Å². The second-order valence-electron chi connectivity index (χ2n) is 4.21. The zero-order chi connectivity index (χ0) is 21.8. The van der Waals surface area contributed by atoms with Crippen molar-refractivity contribution in [2.24, 2.45) is 0 Å². The molecular weight excluding hydrogens is 449 g/mol. The Morgan fingerprint density at radius 3 is 0.769 bits per heavy atom. The van der Waals surface area contributed by atoms with E-state index in [1.165, 1.54) is 0 Å². The van der Waals surface area contributed by atoms with Crippen molar-refractivity contribution in [2.45, 2.75) is 41.9 Å². The molecule has 0 unspecified atom stereocenters. The summed E-state index contributed by atoms with van der Waals surface area (Å²) in [5.74, 6) is -25.1. The average molecular weight is 450 g/mol. The number of hydrogen-bond acceptors (Lipinski definition) is 3. The molecule has 0 radical (unpaired) electrons. The molecular formula is C7HF15O3S. The summed E-state index contributed by atoms with van der Waals surface area (Å²) in [5, 5.41) is 0. The van der Waals surface area contributed by atoms with Gasteiger partial charge in [0.1, 0.15) is 0 Å². The molecule has 0 aromatic rings. The third-order valence-electron chi connectivity index (χ3n) is 2.61. The van der Waals surface area contributed by atoms with E-state index in [0.29, 0.717) is 0 Å². The lowest BCUT2D eigenvalue weighted by Gasteiger charge is -2.47. The Balaban J connectivity index is 7.59. The van der Waals surface area contributed by atoms with Crippen molar-refractivity contribution in [3.63, 3.8) is 0 Å². The van der Waals surface area contributed by atoms with E-state index in [9.17, 15) is 74.3 Å². The van der Waals surface area contributed by atoms with Gasteiger partial charge in [-0.1, -0.05) is 0 Å². The molecule has 0 fully saturated rings. The quantitative estimate of drug-likeness (QED) is 0.512. The number of thiol groups is 1. The van der Waals surface area contributed by atoms with Crippen molar-refractivity contribution in [2.75, 3.05) is 0 Å². The van der Waals surface area contributed by atoms with Gasteiger partial charge < -0.3 is 0 Å². The minimum atomic E-state index is -8.38. The smallest absolute Gasteiger partial charge is 0.245 e. The first-order valence-corrected chi connectivity index (χ1v) is 6.18. The molecule has 0 spiro atoms. The predicted molar refractivity (Wildman–Crippen MR) is 47.1 cm³/mol. The van der Waals surface area contributed by atoms with Crippen LogP contribution in [0.1, 0.15) is 0 Å². The second kappa shape index (κ2) is 6.20. The molecule has 0 saturated heterocycles. The lowest BCUT2D eigenvalue weighted by molar-refractivity contribution is -0.479. The van der Waals surface area contributed by atoms with Crippen molar-refractivity contribution in [3.8, 4) is 0 Å². The molecule has 0 aliphatic heterocycles. The number of hydrogen-bond donors (Lipinski definition) is 1. The fourth-order valence-electron chi connectivity index (χ4n) is 1.47. The van der Waals surface area contributed by atoms with Crippen molar-refractivity contribution >= 4 is 11.0 Å². The monoisotopic (exact) mass is 450 g/mol. The first kappa shape index (κ1) is 24.9. The molecule has 0 atom stereocenters. The van der Waals surface area contributed by atoms with Gasteiger partial charge in [0.2, 0.25) is 0 Å². The first-order valence-electron chi connectivity index (χ1n) is 5.09. The van der Waals surface area contributed by atoms with E-state index >= 15 is 0 Å². The summed E-state index contributed by atoms with van der Waals surface area (Å²) in [6, 6.07) is 0. The van der Waals surface area contributed by atoms with Gasteiger partial charge in [-0.25, -0.2) is 12.6 Å². The van der Waals surface area contributed by atoms with E-state index in [0.717, 1.165) is 0 Å². The van der Waals surface area contributed by atoms with Crippen LogP contribution in [0.15, 0.2) is 0 Å². The Morgan fingerprint density at radius 2 is 0.654 bits per heavy atom. The van der Waals surface area contributed by atoms with Crippen LogP contribution in [-0.4, -0.2) is 50.3 Å². The van der Waals surface area contributed by atoms with Crippen LogP contribution >= 0.6 is 0 Å². The van der Waals surface area contributed by atoms with Gasteiger partial charge in [0.15, 0.2) is 0 Å². The zero-order valence-corrected chi connectivity index (χ0v) is 11.7. The Labute approximate surface area is 132 Å². The summed E-state index contributed by atoms with van der Waals surface area (Å²) >= 11 is 0. The number of alkyl halides is 15. The Kier molecular flexibility index (Phi) is 5.92. The van der Waals surface area contributed by atoms with Crippen LogP contribution in [0.25, 0.3) is 0 Å². The SMILES string of the molecule is O=[SH](=O)OC(C(F)(F)C(F)(F)F)(C(F)(F)C(F)(F)F)C(F)(F)C(F)(F)F. The number of halogens is 15. The van der Waals surface area contributed by atoms with Crippen LogP contribution in [0.2, 0.25) is 0 Å². The van der Waals surface area contributed by atoms with Gasteiger partial charge in [0.25, 0.3) is 11.0 Å². The summed E-state index contributed by atoms with van der Waals surface area (Å²) < 4.78 is 211. The largest absolute Gasteiger partial charge is 0.457 e. The number of rotatable bonds is 5. The maximum absolute atomic E-state index is 13.2. The molecule has 158 valence electrons. The molecule has 3 nitrogen and oxygen atoms in total. The van der Waals surface area contributed by atoms with Gasteiger partial charge in [-0.2, -0.15) is 65.9 Å². The summed E-state index contributed by atoms with van der Waals surface area (Å²) in [5.41, 5.74) is -8.31. The predicted octanol–water partition coefficient (Wildman–Crippen LogP) is 3.86. The fourth-order valence-corrected chi connectivity index (χ4v) is 2.04. The highest BCUT2D eigenvalue weighted by molar-refractivity contribution is 7.67. The van der Waals surface area contributed by atoms with Gasteiger partial charge in [0.05, 0.1) is 0 Å². The van der Waals surface area contributed by atoms with Crippen LogP contribution in [0.4, 0.5) is 65.9 Å². The molecule has 26 heavy (non-hydrogen) atoms. The molecule has 0 aliphatic carbocycles. The molecule has 0 heterocycles. The van der Waals surface area contributed by atoms with Gasteiger partial charge in [-0.3, -0.25) is 0 Å². The summed E-state index contributed by atoms with van der Waals surface area (Å²) in [7, 11) is -5.96. The molecule has 0 aromatic carbocycles. The molecule has 0 aliphatic rings. The van der Waals surface area contributed by atoms with Crippen molar-refractivity contribution in [1.29, 1.82) is 0 Å². The fraction of sp³-hybridized carbons (Fsp3) is 1.00. The van der Waals surface area contributed by atoms with Gasteiger partial charge in [0, 0.05) is 0 Å². The average Bonchev–Trinajstić information content (AvgIpc) is 2.30. The summed E-state index contributed by atoms with van der Waals surface area (Å²) in [6.45, 7) is 0. The minimum absolute atomic E-state index is 1.76. The van der Waals surface area contributed by atoms with Crippen molar-refractivity contribution < 1.29 is 78.5 Å². The maximum atomic E-state index is 13.2. The highest BCUT2D eigenvalue weighted by atomic mass is 32.2. The Bertz CT molecular complexity index is 521. The van der Waals surface area contributed by atoms with Crippen molar-refractivity contribution in [1.82, 2.24) is 0 Å². The van der Waals surface area contributed by atoms with Crippen LogP contribution < -0.4 is 0 Å². The first-order chi connectivity index (χ1) is 10.9. The molecule has 0 N–H and O–H groups in total. The van der Waals surface area contributed by atoms with E-state index < -0.39 is 52.9 Å². The third kappa shape index (κ3) is 3.26. The Morgan fingerprint density at radius 1 is 0.462 bits per heavy atom. The molecule has 0 rings (SSSR count). The third-order valence-corrected chi connectivity index (χ3v) is 3.03. The standard InChI is InChI=1S/C7HF15O3S/c8-2(9,5(14,15)16)1(25-26(23)24,3(10,11)6(17,18)19)4(12,13)7(20,21)22/h26H. The van der Waals surface area contributed by atoms with Gasteiger partial charge in [-0.05, 0) is 0 Å². The van der Waals surface area contributed by atoms with E-state index in [1.54, 1.807) is 4.18 Å². The van der Waals surface area contributed by atoms with E-state index in [4.69, 9.17) is 0 Å². The van der Waals surface area contributed by atoms with Gasteiger partial charge >= 0.3 is 41.9 Å². The highest BCUT2D eigenvalue weighted by Crippen LogP contribution is 2.65. The zero-order valence-electron chi connectivity index (χ0n) is 10.8. The highest BCUT2D eigenvalue weighted by Gasteiger charge is 2.98. The summed E-state index contributed by atoms with van der Waals surface area (Å²) in [4.78, 5) is 0. The second-order valence-corrected chi connectivity index (χ2v) is 4.84. The summed E-state index contributed by atoms with van der Waals surface area (Å²) in [6.07, 6.45) is -23.9. The molecule has 0 aromatic heterocycles. The van der Waals surface area contributed by atoms with E-state index in [2.05, 4.69) is 0 Å². The molecule has 19 heteroatoms. The molecule has 0 amide bonds. The normalized spacial score (nSPS) is 16.3. The lowest BCUT2D eigenvalue weighted by Crippen LogP contribution is -2.80. The minimum Gasteiger partial charge on any atom is -0.245 e. The topological polar surface area (TPSA) is 43.4 Å². The maximum Gasteiger partial charge on any atom is 0.457 e. The lowest BCUT2D eigenvalue weighted by atomic mass is 9.80. The van der Waals surface area contributed by atoms with Crippen LogP contribution in [0.3, 0.4) is 0 Å². The van der Waals surface area contributed by atoms with Crippen LogP contribution in [-0.2, 0) is 15.2 Å². The van der Waals surface area contributed by atoms with Gasteiger partial charge in [-0.15, -0.1) is 0 Å². The van der Waals surface area contributed by atoms with Crippen LogP contribution in [0, 0.1) is 0 Å². The molecule has 0 saturated carbocycles. The Hall–Kier alpha value is -1.14. The van der Waals surface area contributed by atoms with E-state index in [1.807, 2.05) is 0 Å².